The molecule has 3 heterocycles. The van der Waals surface area contributed by atoms with E-state index in [4.69, 9.17) is 0 Å². The van der Waals surface area contributed by atoms with Crippen LogP contribution >= 0.6 is 11.8 Å². The van der Waals surface area contributed by atoms with Crippen molar-refractivity contribution in [1.29, 1.82) is 0 Å². The molecule has 1 unspecified atom stereocenters. The van der Waals surface area contributed by atoms with Gasteiger partial charge in [-0.3, -0.25) is 18.6 Å². The number of thioether (sulfide) groups is 1. The van der Waals surface area contributed by atoms with Gasteiger partial charge in [0.05, 0.1) is 16.7 Å². The number of fused-ring (bicyclic) bond motifs is 3. The monoisotopic (exact) mass is 468 g/mol. The Morgan fingerprint density at radius 1 is 1.27 bits per heavy atom. The number of hydrogen-bond acceptors (Lipinski definition) is 6. The highest BCUT2D eigenvalue weighted by molar-refractivity contribution is 7.99. The van der Waals surface area contributed by atoms with E-state index in [1.54, 1.807) is 16.7 Å². The summed E-state index contributed by atoms with van der Waals surface area (Å²) in [6, 6.07) is 8.07. The topological polar surface area (TPSA) is 84.5 Å². The molecule has 0 spiro atoms. The van der Waals surface area contributed by atoms with Crippen LogP contribution in [0.3, 0.4) is 0 Å². The summed E-state index contributed by atoms with van der Waals surface area (Å²) >= 11 is 1.33. The SMILES string of the molecule is C=CCn1c(=O)c2ccccc2n2c(SCC(=O)NCCCCN3CCCCC3C)nnc12. The summed E-state index contributed by atoms with van der Waals surface area (Å²) in [5.74, 6) is 0.680. The van der Waals surface area contributed by atoms with Crippen LogP contribution in [-0.4, -0.2) is 61.4 Å². The van der Waals surface area contributed by atoms with Crippen LogP contribution < -0.4 is 10.9 Å². The molecule has 33 heavy (non-hydrogen) atoms. The summed E-state index contributed by atoms with van der Waals surface area (Å²) in [4.78, 5) is 27.8. The lowest BCUT2D eigenvalue weighted by molar-refractivity contribution is -0.118. The normalized spacial score (nSPS) is 16.9. The maximum absolute atomic E-state index is 12.9. The average Bonchev–Trinajstić information content (AvgIpc) is 3.25. The molecular weight excluding hydrogens is 436 g/mol. The van der Waals surface area contributed by atoms with Crippen molar-refractivity contribution in [3.63, 3.8) is 0 Å². The highest BCUT2D eigenvalue weighted by Crippen LogP contribution is 2.21. The summed E-state index contributed by atoms with van der Waals surface area (Å²) in [6.07, 6.45) is 7.68. The van der Waals surface area contributed by atoms with Gasteiger partial charge >= 0.3 is 0 Å². The van der Waals surface area contributed by atoms with E-state index in [9.17, 15) is 9.59 Å². The number of para-hydroxylation sites is 1. The third-order valence-corrected chi connectivity index (χ3v) is 7.19. The number of unbranched alkanes of at least 4 members (excludes halogenated alkanes) is 1. The predicted molar refractivity (Wildman–Crippen MR) is 133 cm³/mol. The zero-order chi connectivity index (χ0) is 23.2. The number of aromatic nitrogens is 4. The van der Waals surface area contributed by atoms with Crippen LogP contribution in [0.5, 0.6) is 0 Å². The minimum atomic E-state index is -0.126. The van der Waals surface area contributed by atoms with Gasteiger partial charge in [-0.1, -0.05) is 36.4 Å². The van der Waals surface area contributed by atoms with Gasteiger partial charge in [-0.15, -0.1) is 16.8 Å². The molecule has 176 valence electrons. The molecule has 1 aliphatic heterocycles. The molecule has 1 atom stereocenters. The summed E-state index contributed by atoms with van der Waals surface area (Å²) in [5.41, 5.74) is 0.608. The number of amides is 1. The first-order valence-corrected chi connectivity index (χ1v) is 12.7. The summed E-state index contributed by atoms with van der Waals surface area (Å²) in [6.45, 7) is 9.39. The lowest BCUT2D eigenvalue weighted by atomic mass is 10.0. The van der Waals surface area contributed by atoms with Gasteiger partial charge in [-0.05, 0) is 57.8 Å². The van der Waals surface area contributed by atoms with Crippen molar-refractivity contribution < 1.29 is 4.79 Å². The molecule has 1 aromatic carbocycles. The van der Waals surface area contributed by atoms with Crippen LogP contribution in [-0.2, 0) is 11.3 Å². The first-order chi connectivity index (χ1) is 16.1. The van der Waals surface area contributed by atoms with Crippen molar-refractivity contribution in [3.8, 4) is 0 Å². The minimum Gasteiger partial charge on any atom is -0.355 e. The molecule has 0 saturated carbocycles. The van der Waals surface area contributed by atoms with Crippen molar-refractivity contribution in [3.05, 3.63) is 47.3 Å². The Balaban J connectivity index is 1.35. The molecule has 0 bridgehead atoms. The first-order valence-electron chi connectivity index (χ1n) is 11.7. The standard InChI is InChI=1S/C24H32N6O2S/c1-3-14-29-22(32)19-11-4-5-12-20(19)30-23(29)26-27-24(30)33-17-21(31)25-13-7-9-16-28-15-8-6-10-18(28)2/h3-5,11-12,18H,1,6-10,13-17H2,2H3,(H,25,31). The Bertz CT molecular complexity index is 1190. The van der Waals surface area contributed by atoms with Crippen LogP contribution in [0, 0.1) is 0 Å². The number of benzene rings is 1. The number of rotatable bonds is 10. The average molecular weight is 469 g/mol. The molecule has 1 amide bonds. The van der Waals surface area contributed by atoms with Crippen LogP contribution in [0.1, 0.15) is 39.0 Å². The third kappa shape index (κ3) is 5.30. The highest BCUT2D eigenvalue weighted by Gasteiger charge is 2.18. The van der Waals surface area contributed by atoms with E-state index in [0.29, 0.717) is 35.5 Å². The fourth-order valence-electron chi connectivity index (χ4n) is 4.46. The predicted octanol–water partition coefficient (Wildman–Crippen LogP) is 3.09. The van der Waals surface area contributed by atoms with E-state index >= 15 is 0 Å². The number of piperidine rings is 1. The van der Waals surface area contributed by atoms with Gasteiger partial charge in [0.15, 0.2) is 5.16 Å². The molecule has 2 aromatic heterocycles. The molecule has 0 aliphatic carbocycles. The molecule has 3 aromatic rings. The maximum atomic E-state index is 12.9. The zero-order valence-electron chi connectivity index (χ0n) is 19.2. The largest absolute Gasteiger partial charge is 0.355 e. The molecule has 9 heteroatoms. The summed E-state index contributed by atoms with van der Waals surface area (Å²) in [5, 5.41) is 12.7. The number of nitrogens with zero attached hydrogens (tertiary/aromatic N) is 5. The Morgan fingerprint density at radius 2 is 2.12 bits per heavy atom. The second kappa shape index (κ2) is 11.0. The minimum absolute atomic E-state index is 0.0215. The smallest absolute Gasteiger partial charge is 0.263 e. The third-order valence-electron chi connectivity index (χ3n) is 6.26. The van der Waals surface area contributed by atoms with Gasteiger partial charge in [0.2, 0.25) is 11.7 Å². The molecule has 1 aliphatic rings. The number of carbonyl (C=O) groups excluding carboxylic acids is 1. The number of likely N-dealkylation sites (tertiary alicyclic amines) is 1. The second-order valence-electron chi connectivity index (χ2n) is 8.57. The van der Waals surface area contributed by atoms with Gasteiger partial charge in [0.25, 0.3) is 5.56 Å². The van der Waals surface area contributed by atoms with Gasteiger partial charge in [0.1, 0.15) is 0 Å². The molecule has 1 fully saturated rings. The molecule has 0 radical (unpaired) electrons. The molecular formula is C24H32N6O2S. The van der Waals surface area contributed by atoms with E-state index in [1.165, 1.54) is 37.6 Å². The van der Waals surface area contributed by atoms with Crippen molar-refractivity contribution in [2.45, 2.75) is 56.8 Å². The Hall–Kier alpha value is -2.65. The number of nitrogens with one attached hydrogen (secondary N) is 1. The Labute approximate surface area is 198 Å². The quantitative estimate of drug-likeness (QED) is 0.280. The second-order valence-corrected chi connectivity index (χ2v) is 9.51. The lowest BCUT2D eigenvalue weighted by Gasteiger charge is -2.33. The number of allylic oxidation sites excluding steroid dienone is 1. The fraction of sp³-hybridized carbons (Fsp3) is 0.500. The van der Waals surface area contributed by atoms with Crippen molar-refractivity contribution in [2.24, 2.45) is 0 Å². The van der Waals surface area contributed by atoms with E-state index in [-0.39, 0.29) is 17.2 Å². The molecule has 4 rings (SSSR count). The van der Waals surface area contributed by atoms with Gasteiger partial charge in [-0.25, -0.2) is 0 Å². The van der Waals surface area contributed by atoms with E-state index < -0.39 is 0 Å². The Kier molecular flexibility index (Phi) is 7.82. The van der Waals surface area contributed by atoms with Crippen LogP contribution in [0.2, 0.25) is 0 Å². The van der Waals surface area contributed by atoms with Crippen molar-refractivity contribution >= 4 is 34.3 Å². The highest BCUT2D eigenvalue weighted by atomic mass is 32.2. The van der Waals surface area contributed by atoms with E-state index in [2.05, 4.69) is 33.9 Å². The summed E-state index contributed by atoms with van der Waals surface area (Å²) in [7, 11) is 0. The van der Waals surface area contributed by atoms with E-state index in [1.807, 2.05) is 22.6 Å². The zero-order valence-corrected chi connectivity index (χ0v) is 20.0. The van der Waals surface area contributed by atoms with Crippen LogP contribution in [0.4, 0.5) is 0 Å². The van der Waals surface area contributed by atoms with E-state index in [0.717, 1.165) is 24.9 Å². The fourth-order valence-corrected chi connectivity index (χ4v) is 5.23. The lowest BCUT2D eigenvalue weighted by Crippen LogP contribution is -2.38. The summed E-state index contributed by atoms with van der Waals surface area (Å²) < 4.78 is 3.40. The van der Waals surface area contributed by atoms with Gasteiger partial charge in [0, 0.05) is 19.1 Å². The molecule has 8 nitrogen and oxygen atoms in total. The maximum Gasteiger partial charge on any atom is 0.263 e. The van der Waals surface area contributed by atoms with Gasteiger partial charge in [-0.2, -0.15) is 0 Å². The van der Waals surface area contributed by atoms with Crippen molar-refractivity contribution in [2.75, 3.05) is 25.4 Å². The number of carbonyl (C=O) groups is 1. The van der Waals surface area contributed by atoms with Crippen LogP contribution in [0.25, 0.3) is 16.7 Å². The first kappa shape index (κ1) is 23.5. The van der Waals surface area contributed by atoms with Crippen molar-refractivity contribution in [1.82, 2.24) is 29.4 Å². The Morgan fingerprint density at radius 3 is 2.94 bits per heavy atom. The van der Waals surface area contributed by atoms with Gasteiger partial charge < -0.3 is 10.2 Å². The number of hydrogen-bond donors (Lipinski definition) is 1. The molecule has 1 saturated heterocycles. The van der Waals surface area contributed by atoms with Crippen LogP contribution in [0.15, 0.2) is 46.9 Å². The molecule has 1 N–H and O–H groups in total.